The molecular formula is C18H15N5OS. The molecule has 0 unspecified atom stereocenters. The summed E-state index contributed by atoms with van der Waals surface area (Å²) >= 11 is 1.50. The summed E-state index contributed by atoms with van der Waals surface area (Å²) < 4.78 is 1.64. The molecule has 0 aliphatic heterocycles. The molecule has 4 aromatic rings. The highest BCUT2D eigenvalue weighted by atomic mass is 32.1. The van der Waals surface area contributed by atoms with Gasteiger partial charge in [0.2, 0.25) is 0 Å². The van der Waals surface area contributed by atoms with E-state index in [-0.39, 0.29) is 12.2 Å². The summed E-state index contributed by atoms with van der Waals surface area (Å²) in [6.45, 7) is 3.94. The monoisotopic (exact) mass is 349 g/mol. The Morgan fingerprint density at radius 1 is 1.32 bits per heavy atom. The van der Waals surface area contributed by atoms with Crippen LogP contribution in [0.5, 0.6) is 0 Å². The van der Waals surface area contributed by atoms with E-state index in [1.54, 1.807) is 16.9 Å². The summed E-state index contributed by atoms with van der Waals surface area (Å²) in [4.78, 5) is 25.7. The lowest BCUT2D eigenvalue weighted by atomic mass is 10.0. The Morgan fingerprint density at radius 3 is 2.96 bits per heavy atom. The van der Waals surface area contributed by atoms with Crippen LogP contribution in [0, 0.1) is 13.8 Å². The number of ketones is 1. The third kappa shape index (κ3) is 2.94. The maximum absolute atomic E-state index is 12.9. The first kappa shape index (κ1) is 15.6. The first-order valence-corrected chi connectivity index (χ1v) is 8.68. The first-order chi connectivity index (χ1) is 12.1. The molecule has 0 atom stereocenters. The minimum absolute atomic E-state index is 0.0178. The van der Waals surface area contributed by atoms with Crippen molar-refractivity contribution in [3.05, 3.63) is 64.3 Å². The number of rotatable bonds is 4. The summed E-state index contributed by atoms with van der Waals surface area (Å²) in [5, 5.41) is 6.97. The molecule has 0 aromatic carbocycles. The predicted octanol–water partition coefficient (Wildman–Crippen LogP) is 3.29. The van der Waals surface area contributed by atoms with Gasteiger partial charge in [0.05, 0.1) is 12.0 Å². The molecule has 4 rings (SSSR count). The Kier molecular flexibility index (Phi) is 3.85. The molecule has 0 saturated carbocycles. The highest BCUT2D eigenvalue weighted by Gasteiger charge is 2.17. The quantitative estimate of drug-likeness (QED) is 0.529. The van der Waals surface area contributed by atoms with E-state index in [4.69, 9.17) is 0 Å². The molecule has 0 bridgehead atoms. The third-order valence-electron chi connectivity index (χ3n) is 4.00. The van der Waals surface area contributed by atoms with Crippen molar-refractivity contribution >= 4 is 22.8 Å². The minimum atomic E-state index is -0.0178. The van der Waals surface area contributed by atoms with Gasteiger partial charge in [-0.1, -0.05) is 0 Å². The molecule has 6 nitrogen and oxygen atoms in total. The summed E-state index contributed by atoms with van der Waals surface area (Å²) in [6, 6.07) is 3.82. The molecule has 0 amide bonds. The van der Waals surface area contributed by atoms with Gasteiger partial charge in [0.25, 0.3) is 0 Å². The van der Waals surface area contributed by atoms with Gasteiger partial charge in [-0.05, 0) is 31.5 Å². The van der Waals surface area contributed by atoms with Gasteiger partial charge in [0.15, 0.2) is 11.4 Å². The number of pyridine rings is 2. The summed E-state index contributed by atoms with van der Waals surface area (Å²) in [7, 11) is 0. The molecular weight excluding hydrogens is 334 g/mol. The number of nitrogens with zero attached hydrogens (tertiary/aromatic N) is 5. The maximum atomic E-state index is 12.9. The van der Waals surface area contributed by atoms with E-state index in [1.165, 1.54) is 17.7 Å². The Balaban J connectivity index is 1.81. The van der Waals surface area contributed by atoms with E-state index in [1.807, 2.05) is 37.6 Å². The molecule has 124 valence electrons. The number of aromatic nitrogens is 5. The van der Waals surface area contributed by atoms with Gasteiger partial charge < -0.3 is 0 Å². The second-order valence-electron chi connectivity index (χ2n) is 5.84. The summed E-state index contributed by atoms with van der Waals surface area (Å²) in [5.41, 5.74) is 4.99. The first-order valence-electron chi connectivity index (χ1n) is 7.80. The Morgan fingerprint density at radius 2 is 2.20 bits per heavy atom. The van der Waals surface area contributed by atoms with E-state index in [9.17, 15) is 4.79 Å². The van der Waals surface area contributed by atoms with Gasteiger partial charge in [0.1, 0.15) is 11.3 Å². The number of Topliss-reactive ketones (excluding diaryl/α,β-unsaturated/α-hetero) is 1. The number of carbonyl (C=O) groups is 1. The van der Waals surface area contributed by atoms with Gasteiger partial charge >= 0.3 is 0 Å². The summed E-state index contributed by atoms with van der Waals surface area (Å²) in [6.07, 6.45) is 7.14. The highest BCUT2D eigenvalue weighted by Crippen LogP contribution is 2.25. The van der Waals surface area contributed by atoms with E-state index in [0.717, 1.165) is 27.4 Å². The van der Waals surface area contributed by atoms with E-state index in [2.05, 4.69) is 20.1 Å². The average molecular weight is 349 g/mol. The zero-order valence-corrected chi connectivity index (χ0v) is 14.6. The molecule has 0 radical (unpaired) electrons. The molecule has 4 heterocycles. The fraction of sp³-hybridized carbons (Fsp3) is 0.167. The molecule has 0 fully saturated rings. The molecule has 0 aliphatic rings. The number of thiazole rings is 1. The molecule has 0 spiro atoms. The molecule has 0 saturated heterocycles. The van der Waals surface area contributed by atoms with E-state index >= 15 is 0 Å². The Labute approximate surface area is 148 Å². The fourth-order valence-corrected chi connectivity index (χ4v) is 3.53. The van der Waals surface area contributed by atoms with Crippen molar-refractivity contribution in [2.45, 2.75) is 20.3 Å². The number of aryl methyl sites for hydroxylation is 2. The zero-order chi connectivity index (χ0) is 17.4. The van der Waals surface area contributed by atoms with Crippen molar-refractivity contribution in [2.75, 3.05) is 0 Å². The molecule has 25 heavy (non-hydrogen) atoms. The van der Waals surface area contributed by atoms with Crippen LogP contribution in [0.25, 0.3) is 16.8 Å². The Hall–Kier alpha value is -2.93. The second kappa shape index (κ2) is 6.18. The smallest absolute Gasteiger partial charge is 0.173 e. The standard InChI is InChI=1S/C18H15N5OS/c1-11-3-4-19-7-15(11)13-5-14(18-20-10-21-23(18)8-13)16(24)6-17-22-12(2)9-25-17/h3-5,7-10H,6H2,1-2H3. The Bertz CT molecular complexity index is 1080. The van der Waals surface area contributed by atoms with Crippen LogP contribution >= 0.6 is 11.3 Å². The van der Waals surface area contributed by atoms with Crippen molar-refractivity contribution in [1.82, 2.24) is 24.6 Å². The average Bonchev–Trinajstić information content (AvgIpc) is 3.23. The van der Waals surface area contributed by atoms with Crippen LogP contribution < -0.4 is 0 Å². The minimum Gasteiger partial charge on any atom is -0.294 e. The van der Waals surface area contributed by atoms with E-state index < -0.39 is 0 Å². The van der Waals surface area contributed by atoms with Crippen molar-refractivity contribution in [3.63, 3.8) is 0 Å². The van der Waals surface area contributed by atoms with Crippen molar-refractivity contribution in [1.29, 1.82) is 0 Å². The van der Waals surface area contributed by atoms with E-state index in [0.29, 0.717) is 11.2 Å². The van der Waals surface area contributed by atoms with Crippen LogP contribution in [0.4, 0.5) is 0 Å². The van der Waals surface area contributed by atoms with Gasteiger partial charge in [-0.3, -0.25) is 9.78 Å². The normalized spacial score (nSPS) is 11.1. The third-order valence-corrected chi connectivity index (χ3v) is 4.97. The number of hydrogen-bond acceptors (Lipinski definition) is 6. The highest BCUT2D eigenvalue weighted by molar-refractivity contribution is 7.09. The fourth-order valence-electron chi connectivity index (χ4n) is 2.76. The summed E-state index contributed by atoms with van der Waals surface area (Å²) in [5.74, 6) is -0.0178. The van der Waals surface area contributed by atoms with Crippen molar-refractivity contribution in [3.8, 4) is 11.1 Å². The zero-order valence-electron chi connectivity index (χ0n) is 13.8. The van der Waals surface area contributed by atoms with Crippen LogP contribution in [0.1, 0.15) is 26.6 Å². The largest absolute Gasteiger partial charge is 0.294 e. The SMILES string of the molecule is Cc1csc(CC(=O)c2cc(-c3cnccc3C)cn3ncnc23)n1. The predicted molar refractivity (Wildman–Crippen MR) is 95.8 cm³/mol. The van der Waals surface area contributed by atoms with Gasteiger partial charge in [-0.15, -0.1) is 11.3 Å². The molecule has 7 heteroatoms. The van der Waals surface area contributed by atoms with Crippen LogP contribution in [0.15, 0.2) is 42.4 Å². The van der Waals surface area contributed by atoms with Crippen LogP contribution in [-0.2, 0) is 6.42 Å². The van der Waals surface area contributed by atoms with Gasteiger partial charge in [-0.25, -0.2) is 14.5 Å². The number of hydrogen-bond donors (Lipinski definition) is 0. The lowest BCUT2D eigenvalue weighted by Gasteiger charge is -2.08. The maximum Gasteiger partial charge on any atom is 0.173 e. The molecule has 4 aromatic heterocycles. The number of carbonyl (C=O) groups excluding carboxylic acids is 1. The van der Waals surface area contributed by atoms with Crippen LogP contribution in [-0.4, -0.2) is 30.3 Å². The topological polar surface area (TPSA) is 73.0 Å². The molecule has 0 N–H and O–H groups in total. The van der Waals surface area contributed by atoms with Crippen molar-refractivity contribution < 1.29 is 4.79 Å². The van der Waals surface area contributed by atoms with Crippen molar-refractivity contribution in [2.24, 2.45) is 0 Å². The number of fused-ring (bicyclic) bond motifs is 1. The van der Waals surface area contributed by atoms with Gasteiger partial charge in [0, 0.05) is 40.8 Å². The van der Waals surface area contributed by atoms with Crippen LogP contribution in [0.3, 0.4) is 0 Å². The second-order valence-corrected chi connectivity index (χ2v) is 6.79. The molecule has 0 aliphatic carbocycles. The lowest BCUT2D eigenvalue weighted by molar-refractivity contribution is 0.0994. The van der Waals surface area contributed by atoms with Gasteiger partial charge in [-0.2, -0.15) is 5.10 Å². The van der Waals surface area contributed by atoms with Crippen LogP contribution in [0.2, 0.25) is 0 Å². The lowest BCUT2D eigenvalue weighted by Crippen LogP contribution is -2.07.